The number of aryl methyl sites for hydroxylation is 1. The van der Waals surface area contributed by atoms with Gasteiger partial charge in [-0.25, -0.2) is 0 Å². The van der Waals surface area contributed by atoms with Crippen LogP contribution in [0.25, 0.3) is 0 Å². The molecule has 0 aliphatic heterocycles. The fourth-order valence-corrected chi connectivity index (χ4v) is 2.76. The van der Waals surface area contributed by atoms with Gasteiger partial charge >= 0.3 is 0 Å². The van der Waals surface area contributed by atoms with Crippen LogP contribution in [0, 0.1) is 0 Å². The number of nitrogens with one attached hydrogen (secondary N) is 2. The lowest BCUT2D eigenvalue weighted by Crippen LogP contribution is -2.14. The molecule has 6 heteroatoms. The highest BCUT2D eigenvalue weighted by molar-refractivity contribution is 7.99. The second kappa shape index (κ2) is 8.10. The second-order valence-electron chi connectivity index (χ2n) is 4.70. The number of amides is 1. The van der Waals surface area contributed by atoms with Gasteiger partial charge in [0.05, 0.1) is 5.75 Å². The van der Waals surface area contributed by atoms with Crippen molar-refractivity contribution in [1.82, 2.24) is 10.2 Å². The van der Waals surface area contributed by atoms with Gasteiger partial charge in [0.25, 0.3) is 0 Å². The Labute approximate surface area is 133 Å². The molecule has 1 aromatic carbocycles. The van der Waals surface area contributed by atoms with Gasteiger partial charge in [-0.3, -0.25) is 9.89 Å². The minimum absolute atomic E-state index is 0.0384. The summed E-state index contributed by atoms with van der Waals surface area (Å²) in [4.78, 5) is 11.8. The van der Waals surface area contributed by atoms with Crippen LogP contribution in [-0.4, -0.2) is 21.9 Å². The van der Waals surface area contributed by atoms with E-state index >= 15 is 0 Å². The average molecular weight is 324 g/mol. The zero-order chi connectivity index (χ0) is 15.1. The van der Waals surface area contributed by atoms with Crippen molar-refractivity contribution in [3.05, 3.63) is 46.6 Å². The molecule has 0 bridgehead atoms. The van der Waals surface area contributed by atoms with Crippen molar-refractivity contribution in [1.29, 1.82) is 0 Å². The molecule has 2 aromatic rings. The number of hydrogen-bond donors (Lipinski definition) is 2. The van der Waals surface area contributed by atoms with Crippen LogP contribution in [0.4, 0.5) is 5.82 Å². The lowest BCUT2D eigenvalue weighted by atomic mass is 10.2. The predicted molar refractivity (Wildman–Crippen MR) is 88.8 cm³/mol. The molecule has 0 fully saturated rings. The number of benzene rings is 1. The summed E-state index contributed by atoms with van der Waals surface area (Å²) in [6, 6.07) is 9.54. The Bertz CT molecular complexity index is 583. The number of carbonyl (C=O) groups excluding carboxylic acids is 1. The van der Waals surface area contributed by atoms with Gasteiger partial charge in [-0.15, -0.1) is 11.8 Å². The van der Waals surface area contributed by atoms with E-state index in [1.165, 1.54) is 0 Å². The van der Waals surface area contributed by atoms with Crippen molar-refractivity contribution in [2.75, 3.05) is 11.1 Å². The summed E-state index contributed by atoms with van der Waals surface area (Å²) in [5.41, 5.74) is 2.20. The maximum absolute atomic E-state index is 11.8. The Morgan fingerprint density at radius 3 is 2.86 bits per heavy atom. The molecule has 1 heterocycles. The Kier molecular flexibility index (Phi) is 6.14. The van der Waals surface area contributed by atoms with E-state index < -0.39 is 0 Å². The third-order valence-corrected chi connectivity index (χ3v) is 4.09. The molecule has 21 heavy (non-hydrogen) atoms. The van der Waals surface area contributed by atoms with E-state index in [4.69, 9.17) is 11.6 Å². The van der Waals surface area contributed by atoms with Crippen LogP contribution in [0.5, 0.6) is 0 Å². The smallest absolute Gasteiger partial charge is 0.235 e. The number of nitrogens with zero attached hydrogens (tertiary/aromatic N) is 1. The number of aromatic nitrogens is 2. The molecule has 0 unspecified atom stereocenters. The topological polar surface area (TPSA) is 57.8 Å². The summed E-state index contributed by atoms with van der Waals surface area (Å²) >= 11 is 7.39. The summed E-state index contributed by atoms with van der Waals surface area (Å²) in [6.07, 6.45) is 1.99. The molecule has 112 valence electrons. The van der Waals surface area contributed by atoms with Gasteiger partial charge in [0.2, 0.25) is 5.91 Å². The zero-order valence-corrected chi connectivity index (χ0v) is 13.4. The standard InChI is InChI=1S/C15H18ClN3OS/c1-2-3-13-8-14(19-18-13)17-15(20)10-21-9-11-4-6-12(16)7-5-11/h4-8H,2-3,9-10H2,1H3,(H2,17,18,19,20). The van der Waals surface area contributed by atoms with Crippen LogP contribution in [-0.2, 0) is 17.0 Å². The summed E-state index contributed by atoms with van der Waals surface area (Å²) < 4.78 is 0. The Hall–Kier alpha value is -1.46. The molecule has 0 saturated heterocycles. The SMILES string of the molecule is CCCc1cc(NC(=O)CSCc2ccc(Cl)cc2)n[nH]1. The van der Waals surface area contributed by atoms with E-state index in [-0.39, 0.29) is 5.91 Å². The molecule has 0 spiro atoms. The van der Waals surface area contributed by atoms with Crippen LogP contribution < -0.4 is 5.32 Å². The Morgan fingerprint density at radius 1 is 1.38 bits per heavy atom. The molecule has 0 radical (unpaired) electrons. The first-order chi connectivity index (χ1) is 10.2. The normalized spacial score (nSPS) is 10.6. The van der Waals surface area contributed by atoms with Crippen LogP contribution in [0.3, 0.4) is 0 Å². The van der Waals surface area contributed by atoms with E-state index in [1.54, 1.807) is 11.8 Å². The lowest BCUT2D eigenvalue weighted by molar-refractivity contribution is -0.113. The van der Waals surface area contributed by atoms with Gasteiger partial charge < -0.3 is 5.32 Å². The van der Waals surface area contributed by atoms with Gasteiger partial charge in [0, 0.05) is 22.5 Å². The number of carbonyl (C=O) groups is 1. The van der Waals surface area contributed by atoms with Crippen molar-refractivity contribution >= 4 is 35.1 Å². The summed E-state index contributed by atoms with van der Waals surface area (Å²) in [6.45, 7) is 2.10. The molecule has 2 rings (SSSR count). The highest BCUT2D eigenvalue weighted by Gasteiger charge is 2.06. The van der Waals surface area contributed by atoms with Crippen molar-refractivity contribution in [3.8, 4) is 0 Å². The highest BCUT2D eigenvalue weighted by atomic mass is 35.5. The minimum Gasteiger partial charge on any atom is -0.308 e. The van der Waals surface area contributed by atoms with Gasteiger partial charge in [0.1, 0.15) is 0 Å². The minimum atomic E-state index is -0.0384. The largest absolute Gasteiger partial charge is 0.308 e. The van der Waals surface area contributed by atoms with Crippen molar-refractivity contribution in [3.63, 3.8) is 0 Å². The Morgan fingerprint density at radius 2 is 2.14 bits per heavy atom. The van der Waals surface area contributed by atoms with E-state index in [9.17, 15) is 4.79 Å². The predicted octanol–water partition coefficient (Wildman–Crippen LogP) is 3.89. The average Bonchev–Trinajstić information content (AvgIpc) is 2.89. The zero-order valence-electron chi connectivity index (χ0n) is 11.9. The third-order valence-electron chi connectivity index (χ3n) is 2.83. The number of hydrogen-bond acceptors (Lipinski definition) is 3. The molecule has 0 atom stereocenters. The van der Waals surface area contributed by atoms with Crippen LogP contribution in [0.15, 0.2) is 30.3 Å². The molecule has 0 saturated carbocycles. The molecule has 1 aromatic heterocycles. The molecule has 1 amide bonds. The molecule has 0 aliphatic carbocycles. The molecular formula is C15H18ClN3OS. The van der Waals surface area contributed by atoms with Gasteiger partial charge in [-0.2, -0.15) is 5.10 Å². The van der Waals surface area contributed by atoms with E-state index in [1.807, 2.05) is 30.3 Å². The summed E-state index contributed by atoms with van der Waals surface area (Å²) in [7, 11) is 0. The summed E-state index contributed by atoms with van der Waals surface area (Å²) in [5.74, 6) is 1.74. The van der Waals surface area contributed by atoms with Crippen LogP contribution >= 0.6 is 23.4 Å². The number of H-pyrrole nitrogens is 1. The van der Waals surface area contributed by atoms with E-state index in [0.29, 0.717) is 11.6 Å². The molecule has 0 aliphatic rings. The first-order valence-electron chi connectivity index (χ1n) is 6.83. The number of halogens is 1. The van der Waals surface area contributed by atoms with Crippen LogP contribution in [0.1, 0.15) is 24.6 Å². The summed E-state index contributed by atoms with van der Waals surface area (Å²) in [5, 5.41) is 10.5. The number of thioether (sulfide) groups is 1. The van der Waals surface area contributed by atoms with E-state index in [2.05, 4.69) is 22.4 Å². The van der Waals surface area contributed by atoms with Gasteiger partial charge in [-0.1, -0.05) is 37.1 Å². The number of rotatable bonds is 7. The fourth-order valence-electron chi connectivity index (χ4n) is 1.84. The Balaban J connectivity index is 1.72. The maximum atomic E-state index is 11.8. The monoisotopic (exact) mass is 323 g/mol. The number of anilines is 1. The fraction of sp³-hybridized carbons (Fsp3) is 0.333. The molecule has 2 N–H and O–H groups in total. The van der Waals surface area contributed by atoms with E-state index in [0.717, 1.165) is 34.9 Å². The van der Waals surface area contributed by atoms with Crippen LogP contribution in [0.2, 0.25) is 5.02 Å². The first kappa shape index (κ1) is 15.9. The number of aromatic amines is 1. The van der Waals surface area contributed by atoms with Crippen molar-refractivity contribution in [2.45, 2.75) is 25.5 Å². The third kappa shape index (κ3) is 5.44. The van der Waals surface area contributed by atoms with Crippen molar-refractivity contribution < 1.29 is 4.79 Å². The second-order valence-corrected chi connectivity index (χ2v) is 6.12. The molecular weight excluding hydrogens is 306 g/mol. The van der Waals surface area contributed by atoms with Crippen molar-refractivity contribution in [2.24, 2.45) is 0 Å². The maximum Gasteiger partial charge on any atom is 0.235 e. The van der Waals surface area contributed by atoms with Gasteiger partial charge in [-0.05, 0) is 24.1 Å². The molecule has 4 nitrogen and oxygen atoms in total. The first-order valence-corrected chi connectivity index (χ1v) is 8.37. The highest BCUT2D eigenvalue weighted by Crippen LogP contribution is 2.16. The van der Waals surface area contributed by atoms with Gasteiger partial charge in [0.15, 0.2) is 5.82 Å². The quantitative estimate of drug-likeness (QED) is 0.812. The lowest BCUT2D eigenvalue weighted by Gasteiger charge is -2.02.